The van der Waals surface area contributed by atoms with Crippen molar-refractivity contribution in [2.75, 3.05) is 29.9 Å². The molecule has 1 saturated heterocycles. The molecule has 0 atom stereocenters. The first-order valence-electron chi connectivity index (χ1n) is 7.26. The average molecular weight is 270 g/mol. The van der Waals surface area contributed by atoms with Gasteiger partial charge in [0.05, 0.1) is 6.20 Å². The zero-order valence-electron chi connectivity index (χ0n) is 12.3. The average Bonchev–Trinajstić information content (AvgIpc) is 3.11. The Morgan fingerprint density at radius 3 is 2.45 bits per heavy atom. The largest absolute Gasteiger partial charge is 0.372 e. The highest BCUT2D eigenvalue weighted by Crippen LogP contribution is 2.24. The Labute approximate surface area is 120 Å². The quantitative estimate of drug-likeness (QED) is 0.853. The zero-order valence-corrected chi connectivity index (χ0v) is 12.3. The Hall–Kier alpha value is -1.97. The summed E-state index contributed by atoms with van der Waals surface area (Å²) in [7, 11) is 4.08. The summed E-state index contributed by atoms with van der Waals surface area (Å²) in [6.07, 6.45) is 6.63. The van der Waals surface area contributed by atoms with Gasteiger partial charge in [-0.05, 0) is 37.1 Å². The molecule has 0 aliphatic carbocycles. The molecule has 0 amide bonds. The number of hydrogen-bond acceptors (Lipinski definition) is 3. The fourth-order valence-corrected chi connectivity index (χ4v) is 2.81. The van der Waals surface area contributed by atoms with E-state index in [1.54, 1.807) is 0 Å². The maximum atomic E-state index is 4.21. The molecule has 20 heavy (non-hydrogen) atoms. The van der Waals surface area contributed by atoms with Crippen molar-refractivity contribution in [1.29, 1.82) is 0 Å². The number of aryl methyl sites for hydroxylation is 1. The molecule has 1 fully saturated rings. The number of benzene rings is 1. The van der Waals surface area contributed by atoms with Crippen LogP contribution in [0.1, 0.15) is 18.4 Å². The molecule has 0 radical (unpaired) electrons. The lowest BCUT2D eigenvalue weighted by molar-refractivity contribution is 0.766. The molecule has 4 heteroatoms. The summed E-state index contributed by atoms with van der Waals surface area (Å²) in [5.74, 6) is 0. The molecule has 2 heterocycles. The van der Waals surface area contributed by atoms with E-state index in [0.717, 1.165) is 6.54 Å². The number of anilines is 2. The Kier molecular flexibility index (Phi) is 3.63. The minimum Gasteiger partial charge on any atom is -0.372 e. The van der Waals surface area contributed by atoms with Gasteiger partial charge >= 0.3 is 0 Å². The summed E-state index contributed by atoms with van der Waals surface area (Å²) in [5.41, 5.74) is 3.83. The van der Waals surface area contributed by atoms with Gasteiger partial charge in [-0.25, -0.2) is 0 Å². The lowest BCUT2D eigenvalue weighted by Gasteiger charge is -2.21. The first-order chi connectivity index (χ1) is 9.72. The van der Waals surface area contributed by atoms with Gasteiger partial charge in [0.1, 0.15) is 0 Å². The van der Waals surface area contributed by atoms with Crippen molar-refractivity contribution in [2.24, 2.45) is 7.05 Å². The van der Waals surface area contributed by atoms with Crippen LogP contribution in [0.4, 0.5) is 11.4 Å². The van der Waals surface area contributed by atoms with E-state index in [0.29, 0.717) is 0 Å². The van der Waals surface area contributed by atoms with Crippen LogP contribution < -0.4 is 9.80 Å². The van der Waals surface area contributed by atoms with Gasteiger partial charge in [-0.3, -0.25) is 4.68 Å². The highest BCUT2D eigenvalue weighted by Gasteiger charge is 2.12. The van der Waals surface area contributed by atoms with E-state index in [-0.39, 0.29) is 0 Å². The summed E-state index contributed by atoms with van der Waals surface area (Å²) in [6, 6.07) is 8.90. The second-order valence-corrected chi connectivity index (χ2v) is 5.59. The molecular weight excluding hydrogens is 248 g/mol. The number of aromatic nitrogens is 2. The smallest absolute Gasteiger partial charge is 0.0539 e. The Bertz CT molecular complexity index is 552. The molecule has 0 N–H and O–H groups in total. The predicted octanol–water partition coefficient (Wildman–Crippen LogP) is 2.66. The molecule has 0 saturated carbocycles. The highest BCUT2D eigenvalue weighted by atomic mass is 15.2. The molecule has 1 aromatic carbocycles. The van der Waals surface area contributed by atoms with Gasteiger partial charge < -0.3 is 9.80 Å². The van der Waals surface area contributed by atoms with Gasteiger partial charge in [0.15, 0.2) is 0 Å². The van der Waals surface area contributed by atoms with Crippen LogP contribution in [0.15, 0.2) is 36.7 Å². The van der Waals surface area contributed by atoms with Crippen molar-refractivity contribution in [3.05, 3.63) is 42.2 Å². The molecule has 0 bridgehead atoms. The molecule has 0 unspecified atom stereocenters. The van der Waals surface area contributed by atoms with E-state index in [1.165, 1.54) is 42.9 Å². The summed E-state index contributed by atoms with van der Waals surface area (Å²) in [4.78, 5) is 4.72. The molecule has 1 aliphatic rings. The standard InChI is InChI=1S/C16H22N4/c1-18(12-14-11-17-19(2)13-14)15-5-7-16(8-6-15)20-9-3-4-10-20/h5-8,11,13H,3-4,9-10,12H2,1-2H3. The molecule has 1 aromatic heterocycles. The van der Waals surface area contributed by atoms with Gasteiger partial charge in [-0.2, -0.15) is 5.10 Å². The van der Waals surface area contributed by atoms with Crippen molar-refractivity contribution >= 4 is 11.4 Å². The van der Waals surface area contributed by atoms with E-state index in [9.17, 15) is 0 Å². The highest BCUT2D eigenvalue weighted by molar-refractivity contribution is 5.56. The molecule has 1 aliphatic heterocycles. The van der Waals surface area contributed by atoms with Crippen LogP contribution in [0.3, 0.4) is 0 Å². The summed E-state index contributed by atoms with van der Waals surface area (Å²) in [5, 5.41) is 4.21. The molecule has 106 valence electrons. The van der Waals surface area contributed by atoms with Crippen LogP contribution in [0.5, 0.6) is 0 Å². The van der Waals surface area contributed by atoms with Gasteiger partial charge in [0.25, 0.3) is 0 Å². The van der Waals surface area contributed by atoms with E-state index < -0.39 is 0 Å². The summed E-state index contributed by atoms with van der Waals surface area (Å²) < 4.78 is 1.85. The van der Waals surface area contributed by atoms with Gasteiger partial charge in [0.2, 0.25) is 0 Å². The van der Waals surface area contributed by atoms with Gasteiger partial charge in [-0.1, -0.05) is 0 Å². The summed E-state index contributed by atoms with van der Waals surface area (Å²) in [6.45, 7) is 3.28. The van der Waals surface area contributed by atoms with Crippen molar-refractivity contribution in [3.8, 4) is 0 Å². The SMILES string of the molecule is CN(Cc1cnn(C)c1)c1ccc(N2CCCC2)cc1. The van der Waals surface area contributed by atoms with E-state index >= 15 is 0 Å². The Morgan fingerprint density at radius 2 is 1.85 bits per heavy atom. The molecule has 3 rings (SSSR count). The molecule has 4 nitrogen and oxygen atoms in total. The van der Waals surface area contributed by atoms with Gasteiger partial charge in [-0.15, -0.1) is 0 Å². The fourth-order valence-electron chi connectivity index (χ4n) is 2.81. The van der Waals surface area contributed by atoms with E-state index in [1.807, 2.05) is 17.9 Å². The van der Waals surface area contributed by atoms with Crippen molar-refractivity contribution < 1.29 is 0 Å². The summed E-state index contributed by atoms with van der Waals surface area (Å²) >= 11 is 0. The first-order valence-corrected chi connectivity index (χ1v) is 7.26. The molecule has 0 spiro atoms. The second kappa shape index (κ2) is 5.57. The monoisotopic (exact) mass is 270 g/mol. The molecule has 2 aromatic rings. The number of rotatable bonds is 4. The zero-order chi connectivity index (χ0) is 13.9. The Morgan fingerprint density at radius 1 is 1.15 bits per heavy atom. The van der Waals surface area contributed by atoms with Crippen LogP contribution >= 0.6 is 0 Å². The molecular formula is C16H22N4. The maximum absolute atomic E-state index is 4.21. The minimum atomic E-state index is 0.886. The third-order valence-electron chi connectivity index (χ3n) is 3.94. The van der Waals surface area contributed by atoms with Crippen molar-refractivity contribution in [2.45, 2.75) is 19.4 Å². The van der Waals surface area contributed by atoms with Crippen LogP contribution in [0.25, 0.3) is 0 Å². The van der Waals surface area contributed by atoms with E-state index in [4.69, 9.17) is 0 Å². The fraction of sp³-hybridized carbons (Fsp3) is 0.438. The van der Waals surface area contributed by atoms with Crippen LogP contribution in [0.2, 0.25) is 0 Å². The van der Waals surface area contributed by atoms with Crippen LogP contribution in [0, 0.1) is 0 Å². The van der Waals surface area contributed by atoms with E-state index in [2.05, 4.69) is 52.4 Å². The van der Waals surface area contributed by atoms with Crippen LogP contribution in [-0.2, 0) is 13.6 Å². The topological polar surface area (TPSA) is 24.3 Å². The third kappa shape index (κ3) is 2.79. The lowest BCUT2D eigenvalue weighted by Crippen LogP contribution is -2.18. The third-order valence-corrected chi connectivity index (χ3v) is 3.94. The normalized spacial score (nSPS) is 14.8. The number of hydrogen-bond donors (Lipinski definition) is 0. The lowest BCUT2D eigenvalue weighted by atomic mass is 10.2. The first kappa shape index (κ1) is 13.0. The minimum absolute atomic E-state index is 0.886. The van der Waals surface area contributed by atoms with Crippen molar-refractivity contribution in [3.63, 3.8) is 0 Å². The van der Waals surface area contributed by atoms with Crippen LogP contribution in [-0.4, -0.2) is 29.9 Å². The maximum Gasteiger partial charge on any atom is 0.0539 e. The number of nitrogens with zero attached hydrogens (tertiary/aromatic N) is 4. The Balaban J connectivity index is 1.67. The van der Waals surface area contributed by atoms with Crippen molar-refractivity contribution in [1.82, 2.24) is 9.78 Å². The second-order valence-electron chi connectivity index (χ2n) is 5.59. The predicted molar refractivity (Wildman–Crippen MR) is 83.2 cm³/mol. The van der Waals surface area contributed by atoms with Gasteiger partial charge in [0, 0.05) is 56.9 Å².